The summed E-state index contributed by atoms with van der Waals surface area (Å²) in [5.74, 6) is -0.193. The molecule has 0 saturated carbocycles. The molecule has 392 valence electrons. The number of hydrogen-bond donors (Lipinski definition) is 2. The highest BCUT2D eigenvalue weighted by atomic mass is 31.2. The van der Waals surface area contributed by atoms with E-state index in [0.717, 1.165) is 38.5 Å². The van der Waals surface area contributed by atoms with Crippen LogP contribution in [0.3, 0.4) is 0 Å². The first-order chi connectivity index (χ1) is 32.0. The van der Waals surface area contributed by atoms with Gasteiger partial charge in [-0.3, -0.25) is 9.36 Å². The van der Waals surface area contributed by atoms with Gasteiger partial charge in [0.2, 0.25) is 5.91 Å². The predicted molar refractivity (Wildman–Crippen MR) is 284 cm³/mol. The number of nitrogens with one attached hydrogen (secondary N) is 1. The van der Waals surface area contributed by atoms with Crippen LogP contribution < -0.4 is 10.2 Å². The van der Waals surface area contributed by atoms with Crippen molar-refractivity contribution in [2.75, 3.05) is 40.9 Å². The number of phosphoric ester groups is 1. The van der Waals surface area contributed by atoms with Gasteiger partial charge in [-0.2, -0.15) is 0 Å². The topological polar surface area (TPSA) is 108 Å². The standard InChI is InChI=1S/C57H113N2O6P/c1-6-8-10-12-14-16-18-20-21-22-23-24-25-26-27-28-29-30-31-32-33-34-35-36-37-39-41-43-45-47-49-51-57(61)58-55(54-65-66(62,63)64-53-52-59(3,4)5)56(60)50-48-46-44-42-40-38-19-17-15-13-11-9-7-2/h22-23,48,50,55-56,60H,6-21,24-47,49,51-54H2,1-5H3,(H-,58,61,62,63)/b23-22-,50-48+. The molecular weight excluding hydrogens is 840 g/mol. The number of nitrogens with zero attached hydrogens (tertiary/aromatic N) is 1. The first kappa shape index (κ1) is 65.0. The van der Waals surface area contributed by atoms with E-state index in [4.69, 9.17) is 9.05 Å². The molecule has 0 aliphatic heterocycles. The van der Waals surface area contributed by atoms with Gasteiger partial charge in [0.1, 0.15) is 13.2 Å². The van der Waals surface area contributed by atoms with Crippen LogP contribution in [0.25, 0.3) is 0 Å². The van der Waals surface area contributed by atoms with E-state index in [0.29, 0.717) is 17.4 Å². The quantitative estimate of drug-likeness (QED) is 0.0272. The van der Waals surface area contributed by atoms with Crippen LogP contribution in [0.2, 0.25) is 0 Å². The molecule has 1 amide bonds. The molecule has 0 rings (SSSR count). The van der Waals surface area contributed by atoms with Gasteiger partial charge in [0.15, 0.2) is 0 Å². The number of carbonyl (C=O) groups excluding carboxylic acids is 1. The number of unbranched alkanes of at least 4 members (excludes halogenated alkanes) is 38. The summed E-state index contributed by atoms with van der Waals surface area (Å²) < 4.78 is 23.3. The molecule has 0 saturated heterocycles. The molecule has 3 unspecified atom stereocenters. The Bertz CT molecular complexity index is 1130. The van der Waals surface area contributed by atoms with Gasteiger partial charge in [-0.1, -0.05) is 256 Å². The number of quaternary nitrogens is 1. The summed E-state index contributed by atoms with van der Waals surface area (Å²) in [4.78, 5) is 25.4. The van der Waals surface area contributed by atoms with Crippen molar-refractivity contribution in [3.8, 4) is 0 Å². The molecule has 0 heterocycles. The number of likely N-dealkylation sites (N-methyl/N-ethyl adjacent to an activating group) is 1. The van der Waals surface area contributed by atoms with Gasteiger partial charge >= 0.3 is 0 Å². The molecule has 0 aromatic heterocycles. The van der Waals surface area contributed by atoms with Crippen LogP contribution in [0.1, 0.15) is 284 Å². The lowest BCUT2D eigenvalue weighted by molar-refractivity contribution is -0.870. The van der Waals surface area contributed by atoms with Crippen molar-refractivity contribution < 1.29 is 32.9 Å². The van der Waals surface area contributed by atoms with E-state index in [1.165, 1.54) is 225 Å². The lowest BCUT2D eigenvalue weighted by Crippen LogP contribution is -2.45. The summed E-state index contributed by atoms with van der Waals surface area (Å²) >= 11 is 0. The fourth-order valence-corrected chi connectivity index (χ4v) is 9.34. The lowest BCUT2D eigenvalue weighted by Gasteiger charge is -2.29. The number of hydrogen-bond acceptors (Lipinski definition) is 6. The van der Waals surface area contributed by atoms with Crippen molar-refractivity contribution in [3.05, 3.63) is 24.3 Å². The van der Waals surface area contributed by atoms with Crippen molar-refractivity contribution in [2.24, 2.45) is 0 Å². The Labute approximate surface area is 411 Å². The number of carbonyl (C=O) groups is 1. The van der Waals surface area contributed by atoms with Gasteiger partial charge in [-0.05, 0) is 44.9 Å². The molecule has 0 radical (unpaired) electrons. The summed E-state index contributed by atoms with van der Waals surface area (Å²) in [5, 5.41) is 13.8. The second-order valence-electron chi connectivity index (χ2n) is 21.0. The van der Waals surface area contributed by atoms with Crippen molar-refractivity contribution >= 4 is 13.7 Å². The minimum absolute atomic E-state index is 0.00132. The highest BCUT2D eigenvalue weighted by Crippen LogP contribution is 2.38. The molecule has 0 aromatic carbocycles. The van der Waals surface area contributed by atoms with Crippen LogP contribution in [0, 0.1) is 0 Å². The van der Waals surface area contributed by atoms with Crippen molar-refractivity contribution in [1.82, 2.24) is 5.32 Å². The van der Waals surface area contributed by atoms with Gasteiger partial charge in [0, 0.05) is 6.42 Å². The van der Waals surface area contributed by atoms with E-state index >= 15 is 0 Å². The number of allylic oxidation sites excluding steroid dienone is 3. The van der Waals surface area contributed by atoms with E-state index in [1.54, 1.807) is 6.08 Å². The largest absolute Gasteiger partial charge is 0.756 e. The van der Waals surface area contributed by atoms with E-state index in [1.807, 2.05) is 27.2 Å². The smallest absolute Gasteiger partial charge is 0.268 e. The van der Waals surface area contributed by atoms with Crippen molar-refractivity contribution in [1.29, 1.82) is 0 Å². The zero-order chi connectivity index (χ0) is 48.5. The molecular formula is C57H113N2O6P. The Morgan fingerprint density at radius 3 is 1.18 bits per heavy atom. The fourth-order valence-electron chi connectivity index (χ4n) is 8.62. The van der Waals surface area contributed by atoms with Crippen LogP contribution in [0.4, 0.5) is 0 Å². The Hall–Kier alpha value is -1.02. The second-order valence-corrected chi connectivity index (χ2v) is 22.4. The summed E-state index contributed by atoms with van der Waals surface area (Å²) in [5.41, 5.74) is 0. The molecule has 0 fully saturated rings. The van der Waals surface area contributed by atoms with Crippen molar-refractivity contribution in [3.63, 3.8) is 0 Å². The Balaban J connectivity index is 4.01. The Kier molecular flexibility index (Phi) is 48.2. The molecule has 3 atom stereocenters. The van der Waals surface area contributed by atoms with Gasteiger partial charge < -0.3 is 28.8 Å². The minimum atomic E-state index is -4.59. The van der Waals surface area contributed by atoms with Crippen LogP contribution >= 0.6 is 7.82 Å². The Morgan fingerprint density at radius 1 is 0.515 bits per heavy atom. The van der Waals surface area contributed by atoms with E-state index in [2.05, 4.69) is 31.3 Å². The molecule has 0 spiro atoms. The molecule has 0 aromatic rings. The maximum absolute atomic E-state index is 12.9. The normalized spacial score (nSPS) is 14.1. The SMILES string of the molecule is CCCCCCCCCC/C=C\CCCCCCCCCCCCCCCCCCCCCC(=O)NC(COP(=O)([O-])OCC[N+](C)(C)C)C(O)/C=C/CCCCCCCCCCCCC. The van der Waals surface area contributed by atoms with Gasteiger partial charge in [-0.25, -0.2) is 0 Å². The molecule has 66 heavy (non-hydrogen) atoms. The zero-order valence-corrected chi connectivity index (χ0v) is 45.6. The van der Waals surface area contributed by atoms with Gasteiger partial charge in [-0.15, -0.1) is 0 Å². The Morgan fingerprint density at radius 2 is 0.833 bits per heavy atom. The second kappa shape index (κ2) is 49.0. The third-order valence-corrected chi connectivity index (χ3v) is 14.1. The first-order valence-electron chi connectivity index (χ1n) is 28.7. The lowest BCUT2D eigenvalue weighted by atomic mass is 10.0. The predicted octanol–water partition coefficient (Wildman–Crippen LogP) is 16.6. The highest BCUT2D eigenvalue weighted by Gasteiger charge is 2.23. The third-order valence-electron chi connectivity index (χ3n) is 13.2. The molecule has 9 heteroatoms. The van der Waals surface area contributed by atoms with Crippen LogP contribution in [-0.2, 0) is 18.4 Å². The summed E-state index contributed by atoms with van der Waals surface area (Å²) in [6.07, 6.45) is 61.2. The monoisotopic (exact) mass is 953 g/mol. The average Bonchev–Trinajstić information content (AvgIpc) is 3.28. The summed E-state index contributed by atoms with van der Waals surface area (Å²) in [6, 6.07) is -0.882. The third kappa shape index (κ3) is 50.8. The van der Waals surface area contributed by atoms with Crippen molar-refractivity contribution in [2.45, 2.75) is 296 Å². The first-order valence-corrected chi connectivity index (χ1v) is 30.2. The van der Waals surface area contributed by atoms with E-state index in [-0.39, 0.29) is 19.1 Å². The number of aliphatic hydroxyl groups excluding tert-OH is 1. The number of aliphatic hydroxyl groups is 1. The van der Waals surface area contributed by atoms with Crippen LogP contribution in [0.5, 0.6) is 0 Å². The summed E-state index contributed by atoms with van der Waals surface area (Å²) in [7, 11) is 1.27. The fraction of sp³-hybridized carbons (Fsp3) is 0.912. The average molecular weight is 954 g/mol. The molecule has 8 nitrogen and oxygen atoms in total. The number of rotatable bonds is 53. The van der Waals surface area contributed by atoms with Crippen LogP contribution in [0.15, 0.2) is 24.3 Å². The molecule has 0 aliphatic rings. The van der Waals surface area contributed by atoms with Crippen LogP contribution in [-0.4, -0.2) is 68.5 Å². The molecule has 0 bridgehead atoms. The maximum Gasteiger partial charge on any atom is 0.268 e. The van der Waals surface area contributed by atoms with E-state index < -0.39 is 20.0 Å². The summed E-state index contributed by atoms with van der Waals surface area (Å²) in [6.45, 7) is 4.67. The molecule has 2 N–H and O–H groups in total. The highest BCUT2D eigenvalue weighted by molar-refractivity contribution is 7.45. The van der Waals surface area contributed by atoms with E-state index in [9.17, 15) is 19.4 Å². The number of phosphoric acid groups is 1. The van der Waals surface area contributed by atoms with Gasteiger partial charge in [0.25, 0.3) is 7.82 Å². The zero-order valence-electron chi connectivity index (χ0n) is 44.7. The van der Waals surface area contributed by atoms with Gasteiger partial charge in [0.05, 0.1) is 39.9 Å². The molecule has 0 aliphatic carbocycles. The number of amides is 1. The maximum atomic E-state index is 12.9. The minimum Gasteiger partial charge on any atom is -0.756 e.